The zero-order valence-electron chi connectivity index (χ0n) is 9.09. The molecule has 82 valence electrons. The average molecular weight is 278 g/mol. The van der Waals surface area contributed by atoms with Crippen molar-refractivity contribution in [2.45, 2.75) is 26.2 Å². The SMILES string of the molecule is Cc1ccc(Br)cc1C(=O)C1(C#N)CCC1. The maximum atomic E-state index is 12.3. The van der Waals surface area contributed by atoms with Gasteiger partial charge in [0.1, 0.15) is 5.41 Å². The number of halogens is 1. The molecular formula is C13H12BrNO. The third-order valence-corrected chi connectivity index (χ3v) is 3.79. The summed E-state index contributed by atoms with van der Waals surface area (Å²) in [6, 6.07) is 7.82. The summed E-state index contributed by atoms with van der Waals surface area (Å²) in [7, 11) is 0. The van der Waals surface area contributed by atoms with Gasteiger partial charge in [0.25, 0.3) is 0 Å². The molecule has 0 unspecified atom stereocenters. The molecule has 0 spiro atoms. The first-order valence-corrected chi connectivity index (χ1v) is 6.10. The second kappa shape index (κ2) is 4.03. The normalized spacial score (nSPS) is 17.3. The van der Waals surface area contributed by atoms with Crippen LogP contribution in [0.25, 0.3) is 0 Å². The standard InChI is InChI=1S/C13H12BrNO/c1-9-3-4-10(14)7-11(9)12(16)13(8-15)5-2-6-13/h3-4,7H,2,5-6H2,1H3. The fourth-order valence-electron chi connectivity index (χ4n) is 2.02. The van der Waals surface area contributed by atoms with Gasteiger partial charge in [0.05, 0.1) is 6.07 Å². The summed E-state index contributed by atoms with van der Waals surface area (Å²) >= 11 is 3.36. The number of nitrogens with zero attached hydrogens (tertiary/aromatic N) is 1. The first kappa shape index (κ1) is 11.3. The van der Waals surface area contributed by atoms with Crippen LogP contribution in [0.15, 0.2) is 22.7 Å². The molecule has 1 saturated carbocycles. The van der Waals surface area contributed by atoms with Crippen LogP contribution in [-0.2, 0) is 0 Å². The minimum atomic E-state index is -0.744. The smallest absolute Gasteiger partial charge is 0.183 e. The molecule has 2 nitrogen and oxygen atoms in total. The van der Waals surface area contributed by atoms with Crippen LogP contribution in [0.3, 0.4) is 0 Å². The van der Waals surface area contributed by atoms with E-state index in [1.807, 2.05) is 25.1 Å². The second-order valence-electron chi connectivity index (χ2n) is 4.34. The van der Waals surface area contributed by atoms with Crippen molar-refractivity contribution in [1.82, 2.24) is 0 Å². The van der Waals surface area contributed by atoms with Crippen molar-refractivity contribution in [1.29, 1.82) is 5.26 Å². The summed E-state index contributed by atoms with van der Waals surface area (Å²) < 4.78 is 0.883. The highest BCUT2D eigenvalue weighted by Gasteiger charge is 2.45. The van der Waals surface area contributed by atoms with Crippen LogP contribution in [-0.4, -0.2) is 5.78 Å². The Morgan fingerprint density at radius 1 is 1.50 bits per heavy atom. The fourth-order valence-corrected chi connectivity index (χ4v) is 2.38. The van der Waals surface area contributed by atoms with Crippen LogP contribution in [0.1, 0.15) is 35.2 Å². The Morgan fingerprint density at radius 3 is 2.69 bits per heavy atom. The number of carbonyl (C=O) groups is 1. The molecule has 1 aromatic rings. The molecule has 2 rings (SSSR count). The Morgan fingerprint density at radius 2 is 2.19 bits per heavy atom. The number of ketones is 1. The molecule has 1 aromatic carbocycles. The molecule has 16 heavy (non-hydrogen) atoms. The molecule has 0 N–H and O–H groups in total. The van der Waals surface area contributed by atoms with Gasteiger partial charge in [-0.1, -0.05) is 22.0 Å². The molecule has 0 aliphatic heterocycles. The Balaban J connectivity index is 2.41. The molecule has 3 heteroatoms. The van der Waals surface area contributed by atoms with Crippen LogP contribution < -0.4 is 0 Å². The minimum Gasteiger partial charge on any atom is -0.292 e. The van der Waals surface area contributed by atoms with Gasteiger partial charge in [-0.15, -0.1) is 0 Å². The van der Waals surface area contributed by atoms with Crippen molar-refractivity contribution in [3.05, 3.63) is 33.8 Å². The molecule has 0 radical (unpaired) electrons. The van der Waals surface area contributed by atoms with Crippen molar-refractivity contribution >= 4 is 21.7 Å². The van der Waals surface area contributed by atoms with Gasteiger partial charge >= 0.3 is 0 Å². The van der Waals surface area contributed by atoms with Gasteiger partial charge in [-0.2, -0.15) is 5.26 Å². The quantitative estimate of drug-likeness (QED) is 0.775. The van der Waals surface area contributed by atoms with Crippen LogP contribution in [0.2, 0.25) is 0 Å². The lowest BCUT2D eigenvalue weighted by molar-refractivity contribution is 0.0747. The number of Topliss-reactive ketones (excluding diaryl/α,β-unsaturated/α-hetero) is 1. The Hall–Kier alpha value is -1.14. The van der Waals surface area contributed by atoms with E-state index < -0.39 is 5.41 Å². The summed E-state index contributed by atoms with van der Waals surface area (Å²) in [6.07, 6.45) is 2.38. The van der Waals surface area contributed by atoms with E-state index >= 15 is 0 Å². The minimum absolute atomic E-state index is 0.0138. The van der Waals surface area contributed by atoms with E-state index in [4.69, 9.17) is 5.26 Å². The number of hydrogen-bond acceptors (Lipinski definition) is 2. The Kier molecular flexibility index (Phi) is 2.86. The molecule has 0 heterocycles. The third kappa shape index (κ3) is 1.68. The van der Waals surface area contributed by atoms with Crippen molar-refractivity contribution < 1.29 is 4.79 Å². The fraction of sp³-hybridized carbons (Fsp3) is 0.385. The van der Waals surface area contributed by atoms with E-state index in [-0.39, 0.29) is 5.78 Å². The predicted octanol–water partition coefficient (Wildman–Crippen LogP) is 3.63. The summed E-state index contributed by atoms with van der Waals surface area (Å²) in [4.78, 5) is 12.3. The number of carbonyl (C=O) groups excluding carboxylic acids is 1. The van der Waals surface area contributed by atoms with Crippen molar-refractivity contribution in [2.24, 2.45) is 5.41 Å². The number of nitriles is 1. The first-order valence-electron chi connectivity index (χ1n) is 5.31. The molecule has 1 fully saturated rings. The third-order valence-electron chi connectivity index (χ3n) is 3.30. The number of rotatable bonds is 2. The Bertz CT molecular complexity index is 483. The topological polar surface area (TPSA) is 40.9 Å². The van der Waals surface area contributed by atoms with Gasteiger partial charge in [0, 0.05) is 10.0 Å². The number of benzene rings is 1. The molecule has 0 atom stereocenters. The molecule has 1 aliphatic carbocycles. The summed E-state index contributed by atoms with van der Waals surface area (Å²) in [5, 5.41) is 9.15. The zero-order valence-corrected chi connectivity index (χ0v) is 10.7. The lowest BCUT2D eigenvalue weighted by Crippen LogP contribution is -2.36. The van der Waals surface area contributed by atoms with Crippen LogP contribution in [0.4, 0.5) is 0 Å². The highest BCUT2D eigenvalue weighted by molar-refractivity contribution is 9.10. The summed E-state index contributed by atoms with van der Waals surface area (Å²) in [5.74, 6) is -0.0138. The van der Waals surface area contributed by atoms with Crippen molar-refractivity contribution in [3.8, 4) is 6.07 Å². The van der Waals surface area contributed by atoms with E-state index in [1.54, 1.807) is 0 Å². The number of hydrogen-bond donors (Lipinski definition) is 0. The van der Waals surface area contributed by atoms with Gasteiger partial charge in [0.15, 0.2) is 5.78 Å². The van der Waals surface area contributed by atoms with Crippen molar-refractivity contribution in [2.75, 3.05) is 0 Å². The molecule has 0 aromatic heterocycles. The molecular weight excluding hydrogens is 266 g/mol. The maximum absolute atomic E-state index is 12.3. The molecule has 1 aliphatic rings. The predicted molar refractivity (Wildman–Crippen MR) is 65.1 cm³/mol. The molecule has 0 bridgehead atoms. The van der Waals surface area contributed by atoms with Crippen LogP contribution in [0, 0.1) is 23.7 Å². The summed E-state index contributed by atoms with van der Waals surface area (Å²) in [5.41, 5.74) is 0.872. The van der Waals surface area contributed by atoms with E-state index in [1.165, 1.54) is 0 Å². The first-order chi connectivity index (χ1) is 7.59. The van der Waals surface area contributed by atoms with E-state index in [9.17, 15) is 4.79 Å². The van der Waals surface area contributed by atoms with Crippen LogP contribution >= 0.6 is 15.9 Å². The summed E-state index contributed by atoms with van der Waals surface area (Å²) in [6.45, 7) is 1.91. The van der Waals surface area contributed by atoms with Crippen molar-refractivity contribution in [3.63, 3.8) is 0 Å². The zero-order chi connectivity index (χ0) is 11.8. The van der Waals surface area contributed by atoms with E-state index in [0.29, 0.717) is 18.4 Å². The van der Waals surface area contributed by atoms with E-state index in [0.717, 1.165) is 16.5 Å². The maximum Gasteiger partial charge on any atom is 0.183 e. The monoisotopic (exact) mass is 277 g/mol. The Labute approximate surface area is 103 Å². The van der Waals surface area contributed by atoms with E-state index in [2.05, 4.69) is 22.0 Å². The van der Waals surface area contributed by atoms with Gasteiger partial charge < -0.3 is 0 Å². The average Bonchev–Trinajstić information content (AvgIpc) is 2.21. The van der Waals surface area contributed by atoms with Gasteiger partial charge in [-0.25, -0.2) is 0 Å². The highest BCUT2D eigenvalue weighted by atomic mass is 79.9. The van der Waals surface area contributed by atoms with Gasteiger partial charge in [-0.05, 0) is 43.9 Å². The second-order valence-corrected chi connectivity index (χ2v) is 5.25. The largest absolute Gasteiger partial charge is 0.292 e. The lowest BCUT2D eigenvalue weighted by atomic mass is 9.65. The number of aryl methyl sites for hydroxylation is 1. The van der Waals surface area contributed by atoms with Gasteiger partial charge in [0.2, 0.25) is 0 Å². The van der Waals surface area contributed by atoms with Gasteiger partial charge in [-0.3, -0.25) is 4.79 Å². The molecule has 0 amide bonds. The highest BCUT2D eigenvalue weighted by Crippen LogP contribution is 2.43. The molecule has 0 saturated heterocycles. The lowest BCUT2D eigenvalue weighted by Gasteiger charge is -2.33. The van der Waals surface area contributed by atoms with Crippen LogP contribution in [0.5, 0.6) is 0 Å².